The van der Waals surface area contributed by atoms with Crippen molar-refractivity contribution < 1.29 is 9.90 Å². The number of hydrazine groups is 1. The van der Waals surface area contributed by atoms with Crippen molar-refractivity contribution in [1.29, 1.82) is 0 Å². The average Bonchev–Trinajstić information content (AvgIpc) is 2.02. The van der Waals surface area contributed by atoms with Crippen LogP contribution in [0.5, 0.6) is 0 Å². The molecule has 0 radical (unpaired) electrons. The number of nitrogens with two attached hydrogens (primary N) is 2. The third-order valence-corrected chi connectivity index (χ3v) is 2.70. The number of nitrogens with one attached hydrogen (secondary N) is 1. The highest BCUT2D eigenvalue weighted by molar-refractivity contribution is 5.79. The smallest absolute Gasteiger partial charge is 0.247 e. The Morgan fingerprint density at radius 2 is 2.23 bits per heavy atom. The van der Waals surface area contributed by atoms with E-state index in [0.29, 0.717) is 5.92 Å². The van der Waals surface area contributed by atoms with Crippen LogP contribution in [-0.4, -0.2) is 23.2 Å². The van der Waals surface area contributed by atoms with Crippen LogP contribution in [0.2, 0.25) is 0 Å². The topological polar surface area (TPSA) is 101 Å². The Kier molecular flexibility index (Phi) is 3.65. The summed E-state index contributed by atoms with van der Waals surface area (Å²) in [6.45, 7) is 0. The Morgan fingerprint density at radius 3 is 2.54 bits per heavy atom. The second-order valence-corrected chi connectivity index (χ2v) is 3.65. The van der Waals surface area contributed by atoms with E-state index in [2.05, 4.69) is 5.43 Å². The van der Waals surface area contributed by atoms with Gasteiger partial charge in [-0.1, -0.05) is 19.3 Å². The van der Waals surface area contributed by atoms with Crippen LogP contribution in [0, 0.1) is 5.92 Å². The van der Waals surface area contributed by atoms with Crippen molar-refractivity contribution in [2.24, 2.45) is 17.5 Å². The van der Waals surface area contributed by atoms with Crippen LogP contribution in [0.25, 0.3) is 0 Å². The van der Waals surface area contributed by atoms with E-state index in [1.165, 1.54) is 6.42 Å². The van der Waals surface area contributed by atoms with Crippen LogP contribution in [0.1, 0.15) is 25.7 Å². The van der Waals surface area contributed by atoms with Crippen LogP contribution in [-0.2, 0) is 4.79 Å². The van der Waals surface area contributed by atoms with E-state index in [4.69, 9.17) is 11.6 Å². The summed E-state index contributed by atoms with van der Waals surface area (Å²) >= 11 is 0. The SMILES string of the molecule is NNC(CC1CCC1)C(O)C(N)=O. The van der Waals surface area contributed by atoms with Gasteiger partial charge >= 0.3 is 0 Å². The fraction of sp³-hybridized carbons (Fsp3) is 0.875. The molecule has 0 aromatic heterocycles. The molecule has 0 bridgehead atoms. The number of rotatable bonds is 5. The first-order chi connectivity index (χ1) is 6.15. The Labute approximate surface area is 77.4 Å². The van der Waals surface area contributed by atoms with Gasteiger partial charge in [-0.05, 0) is 12.3 Å². The molecular formula is C8H17N3O2. The number of hydrogen-bond donors (Lipinski definition) is 4. The van der Waals surface area contributed by atoms with Crippen molar-refractivity contribution in [2.75, 3.05) is 0 Å². The fourth-order valence-electron chi connectivity index (χ4n) is 1.57. The van der Waals surface area contributed by atoms with E-state index in [0.717, 1.165) is 19.3 Å². The van der Waals surface area contributed by atoms with Gasteiger partial charge in [0.25, 0.3) is 0 Å². The summed E-state index contributed by atoms with van der Waals surface area (Å²) in [6, 6.07) is -0.400. The Morgan fingerprint density at radius 1 is 1.62 bits per heavy atom. The van der Waals surface area contributed by atoms with Crippen molar-refractivity contribution in [3.63, 3.8) is 0 Å². The van der Waals surface area contributed by atoms with E-state index in [9.17, 15) is 9.90 Å². The number of aliphatic hydroxyl groups excluding tert-OH is 1. The van der Waals surface area contributed by atoms with Crippen molar-refractivity contribution in [1.82, 2.24) is 5.43 Å². The Hall–Kier alpha value is -0.650. The van der Waals surface area contributed by atoms with Crippen LogP contribution in [0.4, 0.5) is 0 Å². The molecule has 1 aliphatic rings. The maximum Gasteiger partial charge on any atom is 0.247 e. The monoisotopic (exact) mass is 187 g/mol. The number of primary amides is 1. The van der Waals surface area contributed by atoms with E-state index in [1.54, 1.807) is 0 Å². The maximum absolute atomic E-state index is 10.7. The summed E-state index contributed by atoms with van der Waals surface area (Å²) in [5.74, 6) is 5.08. The first-order valence-corrected chi connectivity index (χ1v) is 4.58. The number of aliphatic hydroxyl groups is 1. The third-order valence-electron chi connectivity index (χ3n) is 2.70. The first-order valence-electron chi connectivity index (χ1n) is 4.58. The molecule has 1 saturated carbocycles. The highest BCUT2D eigenvalue weighted by atomic mass is 16.3. The number of carbonyl (C=O) groups excluding carboxylic acids is 1. The van der Waals surface area contributed by atoms with Crippen LogP contribution < -0.4 is 17.0 Å². The van der Waals surface area contributed by atoms with Crippen molar-refractivity contribution in [3.8, 4) is 0 Å². The fourth-order valence-corrected chi connectivity index (χ4v) is 1.57. The zero-order valence-corrected chi connectivity index (χ0v) is 7.57. The standard InChI is InChI=1S/C8H17N3O2/c9-8(13)7(12)6(11-10)4-5-2-1-3-5/h5-7,11-12H,1-4,10H2,(H2,9,13). The molecular weight excluding hydrogens is 170 g/mol. The predicted molar refractivity (Wildman–Crippen MR) is 48.3 cm³/mol. The quantitative estimate of drug-likeness (QED) is 0.322. The van der Waals surface area contributed by atoms with Gasteiger partial charge in [-0.3, -0.25) is 16.1 Å². The largest absolute Gasteiger partial charge is 0.382 e. The van der Waals surface area contributed by atoms with E-state index >= 15 is 0 Å². The molecule has 2 atom stereocenters. The first kappa shape index (κ1) is 10.4. The minimum absolute atomic E-state index is 0.400. The highest BCUT2D eigenvalue weighted by Gasteiger charge is 2.28. The molecule has 76 valence electrons. The maximum atomic E-state index is 10.7. The minimum Gasteiger partial charge on any atom is -0.382 e. The molecule has 5 heteroatoms. The van der Waals surface area contributed by atoms with E-state index in [1.807, 2.05) is 0 Å². The van der Waals surface area contributed by atoms with Gasteiger partial charge in [0.15, 0.2) is 0 Å². The summed E-state index contributed by atoms with van der Waals surface area (Å²) in [7, 11) is 0. The van der Waals surface area contributed by atoms with Gasteiger partial charge < -0.3 is 10.8 Å². The molecule has 5 nitrogen and oxygen atoms in total. The lowest BCUT2D eigenvalue weighted by Gasteiger charge is -2.30. The van der Waals surface area contributed by atoms with Gasteiger partial charge in [0.1, 0.15) is 6.10 Å². The van der Waals surface area contributed by atoms with E-state index in [-0.39, 0.29) is 0 Å². The zero-order chi connectivity index (χ0) is 9.84. The summed E-state index contributed by atoms with van der Waals surface area (Å²) < 4.78 is 0. The van der Waals surface area contributed by atoms with Gasteiger partial charge in [0.05, 0.1) is 6.04 Å². The Balaban J connectivity index is 2.36. The third kappa shape index (κ3) is 2.65. The van der Waals surface area contributed by atoms with Crippen LogP contribution in [0.15, 0.2) is 0 Å². The molecule has 1 amide bonds. The molecule has 6 N–H and O–H groups in total. The molecule has 0 aliphatic heterocycles. The van der Waals surface area contributed by atoms with Gasteiger partial charge in [0.2, 0.25) is 5.91 Å². The molecule has 1 rings (SSSR count). The molecule has 0 aromatic carbocycles. The van der Waals surface area contributed by atoms with E-state index < -0.39 is 18.1 Å². The molecule has 13 heavy (non-hydrogen) atoms. The predicted octanol–water partition coefficient (Wildman–Crippen LogP) is -1.15. The van der Waals surface area contributed by atoms with Gasteiger partial charge in [-0.15, -0.1) is 0 Å². The minimum atomic E-state index is -1.18. The van der Waals surface area contributed by atoms with Crippen LogP contribution in [0.3, 0.4) is 0 Å². The second-order valence-electron chi connectivity index (χ2n) is 3.65. The number of hydrogen-bond acceptors (Lipinski definition) is 4. The van der Waals surface area contributed by atoms with Crippen molar-refractivity contribution >= 4 is 5.91 Å². The van der Waals surface area contributed by atoms with Gasteiger partial charge in [0, 0.05) is 0 Å². The molecule has 0 aromatic rings. The number of amides is 1. The van der Waals surface area contributed by atoms with Crippen molar-refractivity contribution in [3.05, 3.63) is 0 Å². The average molecular weight is 187 g/mol. The summed E-state index contributed by atoms with van der Waals surface area (Å²) in [5.41, 5.74) is 7.39. The highest BCUT2D eigenvalue weighted by Crippen LogP contribution is 2.30. The lowest BCUT2D eigenvalue weighted by atomic mass is 9.80. The lowest BCUT2D eigenvalue weighted by molar-refractivity contribution is -0.127. The second kappa shape index (κ2) is 4.55. The molecule has 0 heterocycles. The Bertz CT molecular complexity index is 182. The van der Waals surface area contributed by atoms with Gasteiger partial charge in [-0.2, -0.15) is 0 Å². The number of carbonyl (C=O) groups is 1. The normalized spacial score (nSPS) is 22.0. The zero-order valence-electron chi connectivity index (χ0n) is 7.57. The molecule has 2 unspecified atom stereocenters. The summed E-state index contributed by atoms with van der Waals surface area (Å²) in [6.07, 6.45) is 3.09. The van der Waals surface area contributed by atoms with Crippen LogP contribution >= 0.6 is 0 Å². The summed E-state index contributed by atoms with van der Waals surface area (Å²) in [4.78, 5) is 10.7. The molecule has 0 saturated heterocycles. The lowest BCUT2D eigenvalue weighted by Crippen LogP contribution is -2.51. The summed E-state index contributed by atoms with van der Waals surface area (Å²) in [5, 5.41) is 9.34. The van der Waals surface area contributed by atoms with Gasteiger partial charge in [-0.25, -0.2) is 0 Å². The molecule has 1 fully saturated rings. The molecule has 1 aliphatic carbocycles. The van der Waals surface area contributed by atoms with Crippen molar-refractivity contribution in [2.45, 2.75) is 37.8 Å². The molecule has 0 spiro atoms.